The Bertz CT molecular complexity index is 654. The van der Waals surface area contributed by atoms with E-state index in [1.807, 2.05) is 24.3 Å². The number of halogens is 1. The fourth-order valence-electron chi connectivity index (χ4n) is 2.63. The van der Waals surface area contributed by atoms with Gasteiger partial charge in [0.25, 0.3) is 0 Å². The summed E-state index contributed by atoms with van der Waals surface area (Å²) in [4.78, 5) is 24.9. The molecule has 1 atom stereocenters. The van der Waals surface area contributed by atoms with E-state index in [-0.39, 0.29) is 11.5 Å². The van der Waals surface area contributed by atoms with Gasteiger partial charge in [-0.25, -0.2) is 4.79 Å². The lowest BCUT2D eigenvalue weighted by Crippen LogP contribution is -2.45. The van der Waals surface area contributed by atoms with Gasteiger partial charge in [0, 0.05) is 0 Å². The molecule has 1 aromatic carbocycles. The van der Waals surface area contributed by atoms with E-state index in [2.05, 4.69) is 26.1 Å². The molecule has 0 fully saturated rings. The zero-order chi connectivity index (χ0) is 21.0. The number of carbonyl (C=O) groups is 2. The average molecular weight is 398 g/mol. The van der Waals surface area contributed by atoms with Crippen molar-refractivity contribution >= 4 is 23.7 Å². The van der Waals surface area contributed by atoms with Gasteiger partial charge in [-0.2, -0.15) is 0 Å². The molecule has 27 heavy (non-hydrogen) atoms. The lowest BCUT2D eigenvalue weighted by atomic mass is 9.79. The highest BCUT2D eigenvalue weighted by atomic mass is 35.5. The van der Waals surface area contributed by atoms with Crippen molar-refractivity contribution in [3.05, 3.63) is 35.4 Å². The molecule has 1 amide bonds. The lowest BCUT2D eigenvalue weighted by molar-refractivity contribution is -0.153. The maximum atomic E-state index is 12.5. The Hall–Kier alpha value is -1.75. The van der Waals surface area contributed by atoms with Crippen molar-refractivity contribution in [3.63, 3.8) is 0 Å². The van der Waals surface area contributed by atoms with Crippen LogP contribution in [0.1, 0.15) is 72.6 Å². The summed E-state index contributed by atoms with van der Waals surface area (Å²) in [5.41, 5.74) is 0.245. The van der Waals surface area contributed by atoms with E-state index in [1.165, 1.54) is 0 Å². The van der Waals surface area contributed by atoms with Crippen molar-refractivity contribution in [2.24, 2.45) is 5.41 Å². The first-order valence-electron chi connectivity index (χ1n) is 9.01. The number of nitrogens with one attached hydrogen (secondary N) is 1. The lowest BCUT2D eigenvalue weighted by Gasteiger charge is -2.34. The number of carbonyl (C=O) groups excluding carboxylic acids is 2. The number of alkyl carbamates (subject to hydrolysis) is 1. The molecule has 6 heteroatoms. The molecule has 5 nitrogen and oxygen atoms in total. The minimum absolute atomic E-state index is 0.000305. The van der Waals surface area contributed by atoms with Crippen LogP contribution in [0, 0.1) is 5.41 Å². The topological polar surface area (TPSA) is 64.6 Å². The number of hydrogen-bond donors (Lipinski definition) is 1. The van der Waals surface area contributed by atoms with Gasteiger partial charge in [0.05, 0.1) is 11.5 Å². The summed E-state index contributed by atoms with van der Waals surface area (Å²) in [5, 5.41) is 2.82. The zero-order valence-electron chi connectivity index (χ0n) is 17.6. The molecule has 152 valence electrons. The summed E-state index contributed by atoms with van der Waals surface area (Å²) in [6.07, 6.45) is -0.598. The minimum atomic E-state index is -1.05. The third kappa shape index (κ3) is 6.73. The van der Waals surface area contributed by atoms with Crippen LogP contribution in [-0.2, 0) is 19.7 Å². The van der Waals surface area contributed by atoms with Gasteiger partial charge in [-0.1, -0.05) is 56.6 Å². The van der Waals surface area contributed by atoms with Crippen LogP contribution in [0.25, 0.3) is 0 Å². The molecule has 0 radical (unpaired) electrons. The molecular formula is C21H32ClNO4. The van der Waals surface area contributed by atoms with Gasteiger partial charge in [-0.05, 0) is 51.2 Å². The normalized spacial score (nSPS) is 13.7. The maximum absolute atomic E-state index is 12.5. The number of amides is 1. The number of benzene rings is 1. The molecule has 0 saturated heterocycles. The van der Waals surface area contributed by atoms with Crippen molar-refractivity contribution < 1.29 is 19.1 Å². The van der Waals surface area contributed by atoms with Gasteiger partial charge in [0.15, 0.2) is 6.07 Å². The van der Waals surface area contributed by atoms with Gasteiger partial charge in [0.2, 0.25) is 0 Å². The summed E-state index contributed by atoms with van der Waals surface area (Å²) in [5.74, 6) is -0.501. The van der Waals surface area contributed by atoms with Crippen LogP contribution >= 0.6 is 11.6 Å². The van der Waals surface area contributed by atoms with E-state index in [9.17, 15) is 9.59 Å². The Morgan fingerprint density at radius 1 is 1.00 bits per heavy atom. The molecule has 1 unspecified atom stereocenters. The summed E-state index contributed by atoms with van der Waals surface area (Å²) in [6, 6.07) is 6.95. The average Bonchev–Trinajstić information content (AvgIpc) is 2.50. The summed E-state index contributed by atoms with van der Waals surface area (Å²) in [7, 11) is 0. The van der Waals surface area contributed by atoms with Crippen molar-refractivity contribution in [1.29, 1.82) is 0 Å². The molecule has 0 bridgehead atoms. The van der Waals surface area contributed by atoms with Crippen LogP contribution < -0.4 is 5.32 Å². The Balaban J connectivity index is 3.25. The highest BCUT2D eigenvalue weighted by Crippen LogP contribution is 2.36. The smallest absolute Gasteiger partial charge is 0.408 e. The van der Waals surface area contributed by atoms with E-state index < -0.39 is 29.1 Å². The van der Waals surface area contributed by atoms with E-state index in [0.717, 1.165) is 11.1 Å². The van der Waals surface area contributed by atoms with Gasteiger partial charge in [0.1, 0.15) is 5.60 Å². The van der Waals surface area contributed by atoms with E-state index in [1.54, 1.807) is 34.6 Å². The number of alkyl halides is 1. The molecule has 0 aliphatic carbocycles. The monoisotopic (exact) mass is 397 g/mol. The molecule has 0 saturated carbocycles. The van der Waals surface area contributed by atoms with Gasteiger partial charge in [-0.15, -0.1) is 0 Å². The van der Waals surface area contributed by atoms with Crippen LogP contribution in [0.5, 0.6) is 0 Å². The van der Waals surface area contributed by atoms with E-state index >= 15 is 0 Å². The highest BCUT2D eigenvalue weighted by molar-refractivity contribution is 6.17. The van der Waals surface area contributed by atoms with Crippen molar-refractivity contribution in [1.82, 2.24) is 5.32 Å². The van der Waals surface area contributed by atoms with Crippen LogP contribution in [-0.4, -0.2) is 23.7 Å². The molecule has 0 heterocycles. The van der Waals surface area contributed by atoms with Crippen LogP contribution in [0.3, 0.4) is 0 Å². The molecule has 0 aromatic heterocycles. The number of esters is 1. The second kappa shape index (κ2) is 8.51. The second-order valence-corrected chi connectivity index (χ2v) is 9.43. The molecule has 1 rings (SSSR count). The molecule has 1 aromatic rings. The quantitative estimate of drug-likeness (QED) is 0.539. The number of ether oxygens (including phenoxy) is 2. The third-order valence-corrected chi connectivity index (χ3v) is 4.31. The van der Waals surface area contributed by atoms with Crippen LogP contribution in [0.15, 0.2) is 24.3 Å². The first kappa shape index (κ1) is 23.3. The van der Waals surface area contributed by atoms with Gasteiger partial charge >= 0.3 is 12.1 Å². The fourth-order valence-corrected chi connectivity index (χ4v) is 2.73. The first-order chi connectivity index (χ1) is 12.2. The van der Waals surface area contributed by atoms with Crippen molar-refractivity contribution in [2.45, 2.75) is 72.4 Å². The molecule has 0 aliphatic heterocycles. The Morgan fingerprint density at radius 3 is 1.93 bits per heavy atom. The van der Waals surface area contributed by atoms with Crippen LogP contribution in [0.2, 0.25) is 0 Å². The summed E-state index contributed by atoms with van der Waals surface area (Å²) < 4.78 is 10.4. The third-order valence-electron chi connectivity index (χ3n) is 4.20. The Kier molecular flexibility index (Phi) is 7.34. The van der Waals surface area contributed by atoms with Gasteiger partial charge < -0.3 is 14.8 Å². The number of hydrogen-bond acceptors (Lipinski definition) is 4. The predicted octanol–water partition coefficient (Wildman–Crippen LogP) is 5.32. The highest BCUT2D eigenvalue weighted by Gasteiger charge is 2.41. The van der Waals surface area contributed by atoms with Crippen LogP contribution in [0.4, 0.5) is 4.79 Å². The maximum Gasteiger partial charge on any atom is 0.408 e. The fraction of sp³-hybridized carbons (Fsp3) is 0.619. The van der Waals surface area contributed by atoms with Gasteiger partial charge in [-0.3, -0.25) is 4.79 Å². The van der Waals surface area contributed by atoms with Crippen molar-refractivity contribution in [3.8, 4) is 0 Å². The molecular weight excluding hydrogens is 366 g/mol. The second-order valence-electron chi connectivity index (χ2n) is 9.21. The summed E-state index contributed by atoms with van der Waals surface area (Å²) >= 11 is 5.56. The number of rotatable bonds is 5. The molecule has 1 N–H and O–H groups in total. The standard InChI is InChI=1S/C21H32ClNO4/c1-19(2,3)15-11-9-14(10-12-15)16(21(7,8)17(24)26-13-22)23-18(25)27-20(4,5)6/h9-12,16H,13H2,1-8H3,(H,23,25). The van der Waals surface area contributed by atoms with E-state index in [4.69, 9.17) is 21.1 Å². The minimum Gasteiger partial charge on any atom is -0.449 e. The Labute approximate surface area is 167 Å². The SMILES string of the molecule is CC(C)(C)OC(=O)NC(c1ccc(C(C)(C)C)cc1)C(C)(C)C(=O)OCCl. The van der Waals surface area contributed by atoms with E-state index in [0.29, 0.717) is 0 Å². The zero-order valence-corrected chi connectivity index (χ0v) is 18.4. The molecule has 0 spiro atoms. The molecule has 0 aliphatic rings. The largest absolute Gasteiger partial charge is 0.449 e. The summed E-state index contributed by atoms with van der Waals surface area (Å²) in [6.45, 7) is 15.1. The first-order valence-corrected chi connectivity index (χ1v) is 9.55. The Morgan fingerprint density at radius 2 is 1.52 bits per heavy atom. The predicted molar refractivity (Wildman–Crippen MR) is 108 cm³/mol. The van der Waals surface area contributed by atoms with Crippen molar-refractivity contribution in [2.75, 3.05) is 6.07 Å².